The number of hydrogen-bond acceptors (Lipinski definition) is 1. The van der Waals surface area contributed by atoms with Crippen molar-refractivity contribution >= 4 is 15.9 Å². The van der Waals surface area contributed by atoms with Crippen molar-refractivity contribution in [1.82, 2.24) is 0 Å². The molecule has 0 amide bonds. The maximum atomic E-state index is 13.8. The number of ether oxygens (including phenoxy) is 1. The Morgan fingerprint density at radius 1 is 1.05 bits per heavy atom. The Labute approximate surface area is 125 Å². The highest BCUT2D eigenvalue weighted by atomic mass is 79.9. The third-order valence-electron chi connectivity index (χ3n) is 3.28. The molecule has 0 aliphatic rings. The highest BCUT2D eigenvalue weighted by Gasteiger charge is 2.17. The van der Waals surface area contributed by atoms with Crippen LogP contribution in [0.25, 0.3) is 0 Å². The third-order valence-corrected chi connectivity index (χ3v) is 4.27. The Kier molecular flexibility index (Phi) is 4.43. The van der Waals surface area contributed by atoms with Gasteiger partial charge in [0, 0.05) is 0 Å². The summed E-state index contributed by atoms with van der Waals surface area (Å²) in [5.74, 6) is -0.461. The second kappa shape index (κ2) is 5.92. The Morgan fingerprint density at radius 3 is 2.15 bits per heavy atom. The van der Waals surface area contributed by atoms with Crippen molar-refractivity contribution in [2.75, 3.05) is 7.11 Å². The monoisotopic (exact) mass is 340 g/mol. The van der Waals surface area contributed by atoms with Crippen molar-refractivity contribution in [3.05, 3.63) is 64.2 Å². The first-order chi connectivity index (χ1) is 9.43. The largest absolute Gasteiger partial charge is 0.494 e. The van der Waals surface area contributed by atoms with E-state index in [1.807, 2.05) is 13.8 Å². The third kappa shape index (κ3) is 2.85. The highest BCUT2D eigenvalue weighted by Crippen LogP contribution is 2.36. The van der Waals surface area contributed by atoms with Crippen molar-refractivity contribution in [3.8, 4) is 5.75 Å². The van der Waals surface area contributed by atoms with Gasteiger partial charge in [-0.15, -0.1) is 0 Å². The molecule has 2 rings (SSSR count). The number of halogens is 3. The van der Waals surface area contributed by atoms with E-state index >= 15 is 0 Å². The molecule has 1 unspecified atom stereocenters. The molecule has 1 nitrogen and oxygen atoms in total. The van der Waals surface area contributed by atoms with E-state index in [0.29, 0.717) is 0 Å². The van der Waals surface area contributed by atoms with Crippen LogP contribution in [0.5, 0.6) is 5.75 Å². The first-order valence-corrected chi connectivity index (χ1v) is 7.09. The molecule has 0 aliphatic heterocycles. The lowest BCUT2D eigenvalue weighted by molar-refractivity contribution is 0.386. The smallest absolute Gasteiger partial charge is 0.165 e. The van der Waals surface area contributed by atoms with Crippen molar-refractivity contribution < 1.29 is 13.5 Å². The summed E-state index contributed by atoms with van der Waals surface area (Å²) >= 11 is 3.57. The van der Waals surface area contributed by atoms with Crippen molar-refractivity contribution in [1.29, 1.82) is 0 Å². The molecular formula is C16H15BrF2O. The van der Waals surface area contributed by atoms with Crippen LogP contribution < -0.4 is 4.74 Å². The van der Waals surface area contributed by atoms with Crippen LogP contribution in [0.2, 0.25) is 0 Å². The minimum atomic E-state index is -0.410. The van der Waals surface area contributed by atoms with Crippen LogP contribution in [0.1, 0.15) is 27.1 Å². The van der Waals surface area contributed by atoms with Gasteiger partial charge in [-0.05, 0) is 60.4 Å². The predicted octanol–water partition coefficient (Wildman–Crippen LogP) is 5.07. The van der Waals surface area contributed by atoms with E-state index in [2.05, 4.69) is 15.9 Å². The van der Waals surface area contributed by atoms with Gasteiger partial charge >= 0.3 is 0 Å². The summed E-state index contributed by atoms with van der Waals surface area (Å²) < 4.78 is 32.0. The zero-order chi connectivity index (χ0) is 14.9. The first kappa shape index (κ1) is 15.0. The SMILES string of the molecule is COc1ccc(C(Br)c2c(C)cc(F)cc2C)cc1F. The predicted molar refractivity (Wildman–Crippen MR) is 79.6 cm³/mol. The van der Waals surface area contributed by atoms with Crippen LogP contribution in [0.15, 0.2) is 30.3 Å². The summed E-state index contributed by atoms with van der Waals surface area (Å²) in [5.41, 5.74) is 3.39. The molecule has 4 heteroatoms. The number of benzene rings is 2. The number of aryl methyl sites for hydroxylation is 2. The fraction of sp³-hybridized carbons (Fsp3) is 0.250. The molecule has 0 saturated carbocycles. The summed E-state index contributed by atoms with van der Waals surface area (Å²) in [6.45, 7) is 3.69. The molecule has 106 valence electrons. The molecule has 0 spiro atoms. The van der Waals surface area contributed by atoms with Gasteiger partial charge < -0.3 is 4.74 Å². The van der Waals surface area contributed by atoms with Crippen molar-refractivity contribution in [2.45, 2.75) is 18.7 Å². The topological polar surface area (TPSA) is 9.23 Å². The van der Waals surface area contributed by atoms with Gasteiger partial charge in [0.15, 0.2) is 11.6 Å². The molecule has 0 aromatic heterocycles. The van der Waals surface area contributed by atoms with Gasteiger partial charge in [0.1, 0.15) is 5.82 Å². The summed E-state index contributed by atoms with van der Waals surface area (Å²) in [6.07, 6.45) is 0. The zero-order valence-electron chi connectivity index (χ0n) is 11.5. The number of methoxy groups -OCH3 is 1. The van der Waals surface area contributed by atoms with E-state index in [4.69, 9.17) is 4.74 Å². The maximum absolute atomic E-state index is 13.8. The molecule has 2 aromatic carbocycles. The molecule has 0 N–H and O–H groups in total. The van der Waals surface area contributed by atoms with E-state index in [1.165, 1.54) is 25.3 Å². The fourth-order valence-electron chi connectivity index (χ4n) is 2.33. The van der Waals surface area contributed by atoms with Crippen LogP contribution in [-0.2, 0) is 0 Å². The lowest BCUT2D eigenvalue weighted by Gasteiger charge is -2.17. The van der Waals surface area contributed by atoms with E-state index in [9.17, 15) is 8.78 Å². The van der Waals surface area contributed by atoms with E-state index in [-0.39, 0.29) is 16.4 Å². The lowest BCUT2D eigenvalue weighted by atomic mass is 9.95. The van der Waals surface area contributed by atoms with Gasteiger partial charge in [-0.3, -0.25) is 0 Å². The Bertz CT molecular complexity index is 617. The lowest BCUT2D eigenvalue weighted by Crippen LogP contribution is -2.01. The molecule has 1 atom stereocenters. The normalized spacial score (nSPS) is 12.3. The minimum Gasteiger partial charge on any atom is -0.494 e. The number of hydrogen-bond donors (Lipinski definition) is 0. The molecular weight excluding hydrogens is 326 g/mol. The van der Waals surface area contributed by atoms with Gasteiger partial charge in [-0.2, -0.15) is 0 Å². The minimum absolute atomic E-state index is 0.191. The quantitative estimate of drug-likeness (QED) is 0.708. The Morgan fingerprint density at radius 2 is 1.65 bits per heavy atom. The Balaban J connectivity index is 2.46. The summed E-state index contributed by atoms with van der Waals surface area (Å²) in [7, 11) is 1.43. The summed E-state index contributed by atoms with van der Waals surface area (Å²) in [5, 5.41) is 0. The molecule has 20 heavy (non-hydrogen) atoms. The van der Waals surface area contributed by atoms with E-state index < -0.39 is 5.82 Å². The molecule has 0 radical (unpaired) electrons. The van der Waals surface area contributed by atoms with Crippen LogP contribution in [0, 0.1) is 25.5 Å². The molecule has 0 heterocycles. The van der Waals surface area contributed by atoms with E-state index in [0.717, 1.165) is 22.3 Å². The fourth-order valence-corrected chi connectivity index (χ4v) is 3.34. The van der Waals surface area contributed by atoms with Crippen molar-refractivity contribution in [2.24, 2.45) is 0 Å². The second-order valence-corrected chi connectivity index (χ2v) is 5.63. The van der Waals surface area contributed by atoms with Crippen LogP contribution in [0.3, 0.4) is 0 Å². The number of rotatable bonds is 3. The standard InChI is InChI=1S/C16H15BrF2O/c1-9-6-12(18)7-10(2)15(9)16(17)11-4-5-14(20-3)13(19)8-11/h4-8,16H,1-3H3. The van der Waals surface area contributed by atoms with E-state index in [1.54, 1.807) is 12.1 Å². The van der Waals surface area contributed by atoms with Gasteiger partial charge in [0.05, 0.1) is 11.9 Å². The number of alkyl halides is 1. The van der Waals surface area contributed by atoms with Gasteiger partial charge in [-0.1, -0.05) is 22.0 Å². The van der Waals surface area contributed by atoms with Gasteiger partial charge in [0.2, 0.25) is 0 Å². The first-order valence-electron chi connectivity index (χ1n) is 6.18. The molecule has 0 saturated heterocycles. The molecule has 0 fully saturated rings. The van der Waals surface area contributed by atoms with Crippen LogP contribution >= 0.6 is 15.9 Å². The average Bonchev–Trinajstić information content (AvgIpc) is 2.37. The maximum Gasteiger partial charge on any atom is 0.165 e. The molecule has 0 bridgehead atoms. The molecule has 0 aliphatic carbocycles. The second-order valence-electron chi connectivity index (χ2n) is 4.71. The summed E-state index contributed by atoms with van der Waals surface area (Å²) in [6, 6.07) is 7.78. The van der Waals surface area contributed by atoms with Crippen LogP contribution in [-0.4, -0.2) is 7.11 Å². The molecule has 2 aromatic rings. The highest BCUT2D eigenvalue weighted by molar-refractivity contribution is 9.09. The summed E-state index contributed by atoms with van der Waals surface area (Å²) in [4.78, 5) is -0.191. The van der Waals surface area contributed by atoms with Gasteiger partial charge in [-0.25, -0.2) is 8.78 Å². The zero-order valence-corrected chi connectivity index (χ0v) is 13.1. The van der Waals surface area contributed by atoms with Crippen molar-refractivity contribution in [3.63, 3.8) is 0 Å². The Hall–Kier alpha value is -1.42. The van der Waals surface area contributed by atoms with Gasteiger partial charge in [0.25, 0.3) is 0 Å². The average molecular weight is 341 g/mol. The van der Waals surface area contributed by atoms with Crippen LogP contribution in [0.4, 0.5) is 8.78 Å².